The summed E-state index contributed by atoms with van der Waals surface area (Å²) in [6.07, 6.45) is 3.86. The van der Waals surface area contributed by atoms with Crippen molar-refractivity contribution in [3.05, 3.63) is 94.5 Å². The van der Waals surface area contributed by atoms with Crippen LogP contribution in [0.2, 0.25) is 0 Å². The molecule has 0 atom stereocenters. The minimum absolute atomic E-state index is 0.272. The van der Waals surface area contributed by atoms with Crippen LogP contribution in [0.25, 0.3) is 0 Å². The lowest BCUT2D eigenvalue weighted by Crippen LogP contribution is -2.24. The second-order valence-corrected chi connectivity index (χ2v) is 8.28. The fourth-order valence-electron chi connectivity index (χ4n) is 3.07. The van der Waals surface area contributed by atoms with Crippen molar-refractivity contribution in [1.29, 1.82) is 0 Å². The Kier molecular flexibility index (Phi) is 9.64. The van der Waals surface area contributed by atoms with Gasteiger partial charge in [0.05, 0.1) is 26.0 Å². The first-order valence-corrected chi connectivity index (χ1v) is 11.6. The lowest BCUT2D eigenvalue weighted by Gasteiger charge is -2.11. The van der Waals surface area contributed by atoms with E-state index in [0.29, 0.717) is 34.8 Å². The molecular formula is C27H25BrN2O6. The molecule has 0 radical (unpaired) electrons. The maximum atomic E-state index is 12.5. The van der Waals surface area contributed by atoms with Crippen LogP contribution in [0.1, 0.15) is 21.5 Å². The van der Waals surface area contributed by atoms with Gasteiger partial charge >= 0.3 is 5.97 Å². The highest BCUT2D eigenvalue weighted by Crippen LogP contribution is 2.28. The van der Waals surface area contributed by atoms with Crippen LogP contribution in [0, 0.1) is 0 Å². The van der Waals surface area contributed by atoms with Crippen LogP contribution in [0.15, 0.2) is 82.9 Å². The van der Waals surface area contributed by atoms with E-state index in [0.717, 1.165) is 10.0 Å². The molecule has 0 aromatic heterocycles. The number of hydrogen-bond donors (Lipinski definition) is 1. The van der Waals surface area contributed by atoms with Crippen molar-refractivity contribution in [1.82, 2.24) is 5.43 Å². The summed E-state index contributed by atoms with van der Waals surface area (Å²) in [5.41, 5.74) is 4.25. The van der Waals surface area contributed by atoms with Gasteiger partial charge in [-0.3, -0.25) is 4.79 Å². The van der Waals surface area contributed by atoms with Crippen LogP contribution in [0.3, 0.4) is 0 Å². The lowest BCUT2D eigenvalue weighted by atomic mass is 10.1. The van der Waals surface area contributed by atoms with E-state index in [1.807, 2.05) is 12.1 Å². The summed E-state index contributed by atoms with van der Waals surface area (Å²) in [6, 6.07) is 17.1. The summed E-state index contributed by atoms with van der Waals surface area (Å²) in [7, 11) is 3.07. The molecule has 8 nitrogen and oxygen atoms in total. The first-order chi connectivity index (χ1) is 17.4. The third-order valence-electron chi connectivity index (χ3n) is 4.86. The fourth-order valence-corrected chi connectivity index (χ4v) is 3.45. The Morgan fingerprint density at radius 3 is 2.42 bits per heavy atom. The zero-order chi connectivity index (χ0) is 25.9. The predicted octanol–water partition coefficient (Wildman–Crippen LogP) is 4.94. The molecule has 186 valence electrons. The number of methoxy groups -OCH3 is 2. The number of allylic oxidation sites excluding steroid dienone is 1. The predicted molar refractivity (Wildman–Crippen MR) is 140 cm³/mol. The summed E-state index contributed by atoms with van der Waals surface area (Å²) in [5, 5.41) is 3.96. The third-order valence-corrected chi connectivity index (χ3v) is 5.35. The van der Waals surface area contributed by atoms with Gasteiger partial charge in [-0.05, 0) is 66.6 Å². The number of rotatable bonds is 11. The molecule has 0 unspecified atom stereocenters. The summed E-state index contributed by atoms with van der Waals surface area (Å²) < 4.78 is 22.3. The van der Waals surface area contributed by atoms with Crippen LogP contribution in [-0.4, -0.2) is 38.9 Å². The average molecular weight is 553 g/mol. The number of carbonyl (C=O) groups is 2. The minimum Gasteiger partial charge on any atom is -0.497 e. The number of halogens is 1. The van der Waals surface area contributed by atoms with E-state index in [4.69, 9.17) is 18.9 Å². The van der Waals surface area contributed by atoms with Gasteiger partial charge in [-0.1, -0.05) is 28.1 Å². The van der Waals surface area contributed by atoms with E-state index in [1.54, 1.807) is 61.7 Å². The van der Waals surface area contributed by atoms with Crippen molar-refractivity contribution >= 4 is 34.0 Å². The average Bonchev–Trinajstić information content (AvgIpc) is 2.89. The Labute approximate surface area is 217 Å². The van der Waals surface area contributed by atoms with Gasteiger partial charge in [0.1, 0.15) is 11.5 Å². The van der Waals surface area contributed by atoms with Crippen molar-refractivity contribution in [2.45, 2.75) is 6.42 Å². The van der Waals surface area contributed by atoms with E-state index in [-0.39, 0.29) is 12.4 Å². The molecule has 0 aliphatic carbocycles. The van der Waals surface area contributed by atoms with Crippen LogP contribution in [0.4, 0.5) is 0 Å². The Hall–Kier alpha value is -4.11. The first kappa shape index (κ1) is 26.5. The summed E-state index contributed by atoms with van der Waals surface area (Å²) in [4.78, 5) is 24.8. The number of nitrogens with zero attached hydrogens (tertiary/aromatic N) is 1. The fraction of sp³-hybridized carbons (Fsp3) is 0.148. The topological polar surface area (TPSA) is 95.5 Å². The zero-order valence-corrected chi connectivity index (χ0v) is 21.4. The Morgan fingerprint density at radius 2 is 1.72 bits per heavy atom. The zero-order valence-electron chi connectivity index (χ0n) is 19.8. The third kappa shape index (κ3) is 7.44. The van der Waals surface area contributed by atoms with Gasteiger partial charge in [-0.25, -0.2) is 10.2 Å². The second-order valence-electron chi connectivity index (χ2n) is 7.36. The molecule has 3 rings (SSSR count). The maximum Gasteiger partial charge on any atom is 0.343 e. The molecule has 3 aromatic rings. The molecule has 0 saturated carbocycles. The number of hydrogen-bond acceptors (Lipinski definition) is 7. The van der Waals surface area contributed by atoms with E-state index < -0.39 is 11.9 Å². The molecule has 0 saturated heterocycles. The van der Waals surface area contributed by atoms with Gasteiger partial charge in [0.25, 0.3) is 5.91 Å². The standard InChI is InChI=1S/C27H25BrN2O6/c1-4-5-18-6-12-24(25(14-18)34-3)35-17-26(31)30-29-16-20-15-21(28)9-13-23(20)36-27(32)19-7-10-22(33-2)11-8-19/h4,6-16H,1,5,17H2,2-3H3,(H,30,31)/b29-16+. The van der Waals surface area contributed by atoms with Crippen LogP contribution >= 0.6 is 15.9 Å². The van der Waals surface area contributed by atoms with Crippen molar-refractivity contribution in [3.63, 3.8) is 0 Å². The van der Waals surface area contributed by atoms with Gasteiger partial charge in [-0.15, -0.1) is 6.58 Å². The molecular weight excluding hydrogens is 528 g/mol. The molecule has 0 fully saturated rings. The summed E-state index contributed by atoms with van der Waals surface area (Å²) in [5.74, 6) is 0.839. The Balaban J connectivity index is 1.61. The number of esters is 1. The van der Waals surface area contributed by atoms with Crippen LogP contribution in [0.5, 0.6) is 23.0 Å². The molecule has 0 bridgehead atoms. The quantitative estimate of drug-likeness (QED) is 0.119. The second kappa shape index (κ2) is 13.1. The summed E-state index contributed by atoms with van der Waals surface area (Å²) >= 11 is 3.38. The number of benzene rings is 3. The molecule has 0 aliphatic rings. The van der Waals surface area contributed by atoms with Crippen molar-refractivity contribution in [2.75, 3.05) is 20.8 Å². The van der Waals surface area contributed by atoms with Gasteiger partial charge in [0.15, 0.2) is 18.1 Å². The number of ether oxygens (including phenoxy) is 4. The smallest absolute Gasteiger partial charge is 0.343 e. The molecule has 1 N–H and O–H groups in total. The van der Waals surface area contributed by atoms with Crippen molar-refractivity contribution in [3.8, 4) is 23.0 Å². The monoisotopic (exact) mass is 552 g/mol. The number of hydrazone groups is 1. The maximum absolute atomic E-state index is 12.5. The highest BCUT2D eigenvalue weighted by molar-refractivity contribution is 9.10. The van der Waals surface area contributed by atoms with Gasteiger partial charge in [0.2, 0.25) is 0 Å². The number of carbonyl (C=O) groups excluding carboxylic acids is 2. The van der Waals surface area contributed by atoms with Crippen molar-refractivity contribution in [2.24, 2.45) is 5.10 Å². The lowest BCUT2D eigenvalue weighted by molar-refractivity contribution is -0.123. The minimum atomic E-state index is -0.542. The van der Waals surface area contributed by atoms with E-state index >= 15 is 0 Å². The molecule has 3 aromatic carbocycles. The van der Waals surface area contributed by atoms with E-state index in [1.165, 1.54) is 13.3 Å². The highest BCUT2D eigenvalue weighted by atomic mass is 79.9. The highest BCUT2D eigenvalue weighted by Gasteiger charge is 2.12. The molecule has 1 amide bonds. The molecule has 0 aliphatic heterocycles. The molecule has 9 heteroatoms. The molecule has 36 heavy (non-hydrogen) atoms. The largest absolute Gasteiger partial charge is 0.497 e. The Bertz CT molecular complexity index is 1260. The summed E-state index contributed by atoms with van der Waals surface area (Å²) in [6.45, 7) is 3.45. The van der Waals surface area contributed by atoms with Gasteiger partial charge in [-0.2, -0.15) is 5.10 Å². The van der Waals surface area contributed by atoms with Gasteiger partial charge in [0, 0.05) is 10.0 Å². The van der Waals surface area contributed by atoms with Gasteiger partial charge < -0.3 is 18.9 Å². The normalized spacial score (nSPS) is 10.5. The van der Waals surface area contributed by atoms with Crippen LogP contribution < -0.4 is 24.4 Å². The molecule has 0 spiro atoms. The van der Waals surface area contributed by atoms with Crippen molar-refractivity contribution < 1.29 is 28.5 Å². The number of amides is 1. The first-order valence-electron chi connectivity index (χ1n) is 10.8. The van der Waals surface area contributed by atoms with E-state index in [2.05, 4.69) is 33.0 Å². The SMILES string of the molecule is C=CCc1ccc(OCC(=O)N/N=C/c2cc(Br)ccc2OC(=O)c2ccc(OC)cc2)c(OC)c1. The molecule has 0 heterocycles. The number of nitrogens with one attached hydrogen (secondary N) is 1. The van der Waals surface area contributed by atoms with E-state index in [9.17, 15) is 9.59 Å². The Morgan fingerprint density at radius 1 is 0.972 bits per heavy atom. The van der Waals surface area contributed by atoms with Crippen LogP contribution in [-0.2, 0) is 11.2 Å².